The van der Waals surface area contributed by atoms with Gasteiger partial charge in [-0.1, -0.05) is 17.3 Å². The highest BCUT2D eigenvalue weighted by molar-refractivity contribution is 6.01. The molecule has 0 atom stereocenters. The molecule has 0 saturated carbocycles. The number of amides is 1. The first-order chi connectivity index (χ1) is 15.8. The molecule has 2 heterocycles. The third-order valence-electron chi connectivity index (χ3n) is 5.43. The molecule has 3 aromatic rings. The second kappa shape index (κ2) is 9.05. The zero-order valence-corrected chi connectivity index (χ0v) is 18.1. The summed E-state index contributed by atoms with van der Waals surface area (Å²) in [7, 11) is 1.62. The van der Waals surface area contributed by atoms with Crippen LogP contribution in [0.4, 0.5) is 18.9 Å². The molecule has 174 valence electrons. The number of para-hydroxylation sites is 2. The lowest BCUT2D eigenvalue weighted by Crippen LogP contribution is -2.49. The summed E-state index contributed by atoms with van der Waals surface area (Å²) in [6.45, 7) is 3.85. The molecule has 1 aliphatic heterocycles. The number of rotatable bonds is 5. The Morgan fingerprint density at radius 3 is 2.33 bits per heavy atom. The minimum absolute atomic E-state index is 0.237. The molecule has 0 unspecified atom stereocenters. The number of methoxy groups -OCH3 is 1. The lowest BCUT2D eigenvalue weighted by Gasteiger charge is -2.36. The van der Waals surface area contributed by atoms with Gasteiger partial charge in [0.1, 0.15) is 28.5 Å². The topological polar surface area (TPSA) is 68.0 Å². The summed E-state index contributed by atoms with van der Waals surface area (Å²) in [5.74, 6) is 0.524. The molecule has 0 bridgehead atoms. The number of halogens is 3. The second-order valence-corrected chi connectivity index (χ2v) is 7.49. The number of hydrogen-bond donors (Lipinski definition) is 0. The van der Waals surface area contributed by atoms with Crippen molar-refractivity contribution in [2.24, 2.45) is 0 Å². The molecule has 0 N–H and O–H groups in total. The molecule has 10 heteroatoms. The minimum Gasteiger partial charge on any atom is -0.495 e. The van der Waals surface area contributed by atoms with Gasteiger partial charge >= 0.3 is 6.36 Å². The van der Waals surface area contributed by atoms with Crippen LogP contribution in [0.25, 0.3) is 11.3 Å². The zero-order valence-electron chi connectivity index (χ0n) is 18.1. The Hall–Kier alpha value is -3.69. The van der Waals surface area contributed by atoms with Crippen molar-refractivity contribution >= 4 is 11.6 Å². The largest absolute Gasteiger partial charge is 0.573 e. The first-order valence-corrected chi connectivity index (χ1v) is 10.3. The number of carbonyl (C=O) groups is 1. The number of benzene rings is 2. The summed E-state index contributed by atoms with van der Waals surface area (Å²) in [5.41, 5.74) is 2.00. The van der Waals surface area contributed by atoms with E-state index < -0.39 is 6.36 Å². The molecule has 1 aliphatic rings. The van der Waals surface area contributed by atoms with Crippen LogP contribution in [0.2, 0.25) is 0 Å². The van der Waals surface area contributed by atoms with Gasteiger partial charge in [0, 0.05) is 31.7 Å². The monoisotopic (exact) mass is 461 g/mol. The zero-order chi connectivity index (χ0) is 23.6. The van der Waals surface area contributed by atoms with Gasteiger partial charge in [-0.2, -0.15) is 0 Å². The van der Waals surface area contributed by atoms with Crippen LogP contribution in [-0.2, 0) is 0 Å². The summed E-state index contributed by atoms with van der Waals surface area (Å²) >= 11 is 0. The fraction of sp³-hybridized carbons (Fsp3) is 0.304. The van der Waals surface area contributed by atoms with Crippen LogP contribution in [0.5, 0.6) is 11.5 Å². The number of piperazine rings is 1. The van der Waals surface area contributed by atoms with Crippen molar-refractivity contribution in [1.29, 1.82) is 0 Å². The quantitative estimate of drug-likeness (QED) is 0.557. The lowest BCUT2D eigenvalue weighted by atomic mass is 10.0. The average Bonchev–Trinajstić information content (AvgIpc) is 3.19. The van der Waals surface area contributed by atoms with E-state index in [1.54, 1.807) is 18.9 Å². The molecule has 1 amide bonds. The average molecular weight is 461 g/mol. The van der Waals surface area contributed by atoms with Gasteiger partial charge < -0.3 is 23.8 Å². The molecular weight excluding hydrogens is 439 g/mol. The summed E-state index contributed by atoms with van der Waals surface area (Å²) in [6.07, 6.45) is -4.78. The third-order valence-corrected chi connectivity index (χ3v) is 5.43. The van der Waals surface area contributed by atoms with Gasteiger partial charge in [0.05, 0.1) is 12.8 Å². The standard InChI is InChI=1S/C23H22F3N3O4/c1-15-20(21(27-33-15)16-7-9-17(10-8-16)32-23(24,25)26)22(30)29-13-11-28(12-14-29)18-5-3-4-6-19(18)31-2/h3-10H,11-14H2,1-2H3. The van der Waals surface area contributed by atoms with Gasteiger partial charge in [-0.25, -0.2) is 0 Å². The van der Waals surface area contributed by atoms with E-state index in [9.17, 15) is 18.0 Å². The Kier molecular flexibility index (Phi) is 6.17. The highest BCUT2D eigenvalue weighted by Crippen LogP contribution is 2.31. The van der Waals surface area contributed by atoms with Gasteiger partial charge in [0.2, 0.25) is 0 Å². The van der Waals surface area contributed by atoms with Gasteiger partial charge in [-0.05, 0) is 43.3 Å². The Labute approximate surface area is 188 Å². The number of hydrogen-bond acceptors (Lipinski definition) is 6. The van der Waals surface area contributed by atoms with Crippen LogP contribution in [0, 0.1) is 6.92 Å². The van der Waals surface area contributed by atoms with Crippen LogP contribution < -0.4 is 14.4 Å². The van der Waals surface area contributed by atoms with Gasteiger partial charge in [-0.3, -0.25) is 4.79 Å². The maximum atomic E-state index is 13.3. The molecule has 0 radical (unpaired) electrons. The molecule has 1 aromatic heterocycles. The van der Waals surface area contributed by atoms with Crippen molar-refractivity contribution in [3.05, 3.63) is 59.9 Å². The number of anilines is 1. The fourth-order valence-corrected chi connectivity index (χ4v) is 3.84. The van der Waals surface area contributed by atoms with Gasteiger partial charge in [0.25, 0.3) is 5.91 Å². The Morgan fingerprint density at radius 1 is 1.03 bits per heavy atom. The smallest absolute Gasteiger partial charge is 0.495 e. The molecule has 1 fully saturated rings. The molecule has 0 spiro atoms. The van der Waals surface area contributed by atoms with Crippen LogP contribution in [0.3, 0.4) is 0 Å². The second-order valence-electron chi connectivity index (χ2n) is 7.49. The van der Waals surface area contributed by atoms with E-state index in [1.165, 1.54) is 24.3 Å². The Bertz CT molecular complexity index is 1120. The Morgan fingerprint density at radius 2 is 1.70 bits per heavy atom. The number of nitrogens with zero attached hydrogens (tertiary/aromatic N) is 3. The van der Waals surface area contributed by atoms with Crippen LogP contribution in [0.15, 0.2) is 53.1 Å². The first kappa shape index (κ1) is 22.5. The van der Waals surface area contributed by atoms with Crippen LogP contribution in [-0.4, -0.2) is 55.6 Å². The maximum absolute atomic E-state index is 13.3. The maximum Gasteiger partial charge on any atom is 0.573 e. The van der Waals surface area contributed by atoms with E-state index in [0.717, 1.165) is 11.4 Å². The number of aromatic nitrogens is 1. The van der Waals surface area contributed by atoms with Crippen LogP contribution >= 0.6 is 0 Å². The van der Waals surface area contributed by atoms with Crippen molar-refractivity contribution in [1.82, 2.24) is 10.1 Å². The highest BCUT2D eigenvalue weighted by Gasteiger charge is 2.32. The Balaban J connectivity index is 1.49. The van der Waals surface area contributed by atoms with E-state index in [-0.39, 0.29) is 17.4 Å². The minimum atomic E-state index is -4.78. The molecule has 2 aromatic carbocycles. The number of aryl methyl sites for hydroxylation is 1. The third kappa shape index (κ3) is 4.89. The number of alkyl halides is 3. The van der Waals surface area contributed by atoms with E-state index >= 15 is 0 Å². The van der Waals surface area contributed by atoms with Gasteiger partial charge in [-0.15, -0.1) is 13.2 Å². The predicted octanol–water partition coefficient (Wildman–Crippen LogP) is 4.52. The molecular formula is C23H22F3N3O4. The van der Waals surface area contributed by atoms with Crippen molar-refractivity contribution in [2.75, 3.05) is 38.2 Å². The number of ether oxygens (including phenoxy) is 2. The van der Waals surface area contributed by atoms with Gasteiger partial charge in [0.15, 0.2) is 0 Å². The summed E-state index contributed by atoms with van der Waals surface area (Å²) in [4.78, 5) is 17.2. The van der Waals surface area contributed by atoms with E-state index in [4.69, 9.17) is 9.26 Å². The first-order valence-electron chi connectivity index (χ1n) is 10.3. The molecule has 4 rings (SSSR count). The van der Waals surface area contributed by atoms with Crippen molar-refractivity contribution in [3.8, 4) is 22.8 Å². The van der Waals surface area contributed by atoms with E-state index in [2.05, 4.69) is 14.8 Å². The summed E-state index contributed by atoms with van der Waals surface area (Å²) < 4.78 is 51.8. The summed E-state index contributed by atoms with van der Waals surface area (Å²) in [6, 6.07) is 12.9. The SMILES string of the molecule is COc1ccccc1N1CCN(C(=O)c2c(-c3ccc(OC(F)(F)F)cc3)noc2C)CC1. The predicted molar refractivity (Wildman–Crippen MR) is 114 cm³/mol. The fourth-order valence-electron chi connectivity index (χ4n) is 3.84. The van der Waals surface area contributed by atoms with E-state index in [0.29, 0.717) is 43.1 Å². The molecule has 7 nitrogen and oxygen atoms in total. The van der Waals surface area contributed by atoms with Crippen molar-refractivity contribution in [2.45, 2.75) is 13.3 Å². The molecule has 33 heavy (non-hydrogen) atoms. The highest BCUT2D eigenvalue weighted by atomic mass is 19.4. The summed E-state index contributed by atoms with van der Waals surface area (Å²) in [5, 5.41) is 3.98. The van der Waals surface area contributed by atoms with Crippen molar-refractivity contribution in [3.63, 3.8) is 0 Å². The van der Waals surface area contributed by atoms with Crippen LogP contribution in [0.1, 0.15) is 16.1 Å². The van der Waals surface area contributed by atoms with Crippen molar-refractivity contribution < 1.29 is 32.0 Å². The number of carbonyl (C=O) groups excluding carboxylic acids is 1. The lowest BCUT2D eigenvalue weighted by molar-refractivity contribution is -0.274. The normalized spacial score (nSPS) is 14.3. The molecule has 1 saturated heterocycles. The molecule has 0 aliphatic carbocycles. The van der Waals surface area contributed by atoms with E-state index in [1.807, 2.05) is 24.3 Å².